The van der Waals surface area contributed by atoms with E-state index in [0.29, 0.717) is 6.42 Å². The number of hydrogen-bond donors (Lipinski definition) is 1. The van der Waals surface area contributed by atoms with Crippen LogP contribution in [0.2, 0.25) is 0 Å². The van der Waals surface area contributed by atoms with Crippen LogP contribution in [0, 0.1) is 0 Å². The quantitative estimate of drug-likeness (QED) is 0.763. The van der Waals surface area contributed by atoms with Crippen LogP contribution in [0.15, 0.2) is 24.3 Å². The van der Waals surface area contributed by atoms with E-state index >= 15 is 0 Å². The predicted molar refractivity (Wildman–Crippen MR) is 70.0 cm³/mol. The molecule has 1 amide bonds. The number of carbonyl (C=O) groups is 1. The van der Waals surface area contributed by atoms with Gasteiger partial charge in [0.2, 0.25) is 5.91 Å². The normalized spacial score (nSPS) is 14.2. The highest BCUT2D eigenvalue weighted by Gasteiger charge is 2.25. The number of rotatable bonds is 6. The number of anilines is 1. The van der Waals surface area contributed by atoms with Crippen molar-refractivity contribution < 1.29 is 4.79 Å². The molecule has 0 atom stereocenters. The fourth-order valence-electron chi connectivity index (χ4n) is 2.33. The van der Waals surface area contributed by atoms with Crippen LogP contribution in [0.25, 0.3) is 0 Å². The molecule has 1 heterocycles. The number of unbranched alkanes of at least 4 members (excludes halogenated alkanes) is 3. The van der Waals surface area contributed by atoms with Gasteiger partial charge in [-0.05, 0) is 31.0 Å². The molecule has 0 fully saturated rings. The second-order valence-corrected chi connectivity index (χ2v) is 4.55. The number of amides is 1. The average molecular weight is 232 g/mol. The van der Waals surface area contributed by atoms with Gasteiger partial charge in [0.15, 0.2) is 0 Å². The second-order valence-electron chi connectivity index (χ2n) is 4.55. The summed E-state index contributed by atoms with van der Waals surface area (Å²) >= 11 is 0. The molecule has 0 saturated carbocycles. The standard InChI is InChI=1S/C14H20N2O/c15-9-5-1-2-6-10-16-13-8-4-3-7-12(13)11-14(16)17/h3-4,7-8H,1-2,5-6,9-11,15H2. The highest BCUT2D eigenvalue weighted by atomic mass is 16.2. The largest absolute Gasteiger partial charge is 0.330 e. The molecule has 0 aromatic heterocycles. The molecular formula is C14H20N2O. The summed E-state index contributed by atoms with van der Waals surface area (Å²) in [6.07, 6.45) is 5.05. The highest BCUT2D eigenvalue weighted by molar-refractivity contribution is 6.01. The maximum absolute atomic E-state index is 11.9. The Morgan fingerprint density at radius 2 is 1.88 bits per heavy atom. The van der Waals surface area contributed by atoms with Gasteiger partial charge >= 0.3 is 0 Å². The van der Waals surface area contributed by atoms with Crippen LogP contribution in [0.4, 0.5) is 5.69 Å². The molecule has 0 unspecified atom stereocenters. The summed E-state index contributed by atoms with van der Waals surface area (Å²) in [5.41, 5.74) is 7.73. The minimum absolute atomic E-state index is 0.241. The Morgan fingerprint density at radius 1 is 1.12 bits per heavy atom. The fourth-order valence-corrected chi connectivity index (χ4v) is 2.33. The Balaban J connectivity index is 1.87. The first-order valence-electron chi connectivity index (χ1n) is 6.41. The van der Waals surface area contributed by atoms with Crippen LogP contribution in [0.5, 0.6) is 0 Å². The van der Waals surface area contributed by atoms with Crippen molar-refractivity contribution in [3.05, 3.63) is 29.8 Å². The zero-order valence-corrected chi connectivity index (χ0v) is 10.2. The van der Waals surface area contributed by atoms with Crippen molar-refractivity contribution in [3.8, 4) is 0 Å². The minimum Gasteiger partial charge on any atom is -0.330 e. The lowest BCUT2D eigenvalue weighted by Crippen LogP contribution is -2.27. The molecule has 17 heavy (non-hydrogen) atoms. The van der Waals surface area contributed by atoms with Crippen LogP contribution >= 0.6 is 0 Å². The molecule has 2 N–H and O–H groups in total. The number of fused-ring (bicyclic) bond motifs is 1. The molecular weight excluding hydrogens is 212 g/mol. The van der Waals surface area contributed by atoms with E-state index in [0.717, 1.165) is 38.0 Å². The third-order valence-corrected chi connectivity index (χ3v) is 3.26. The molecule has 1 aromatic carbocycles. The third-order valence-electron chi connectivity index (χ3n) is 3.26. The Kier molecular flexibility index (Phi) is 4.15. The molecule has 0 bridgehead atoms. The summed E-state index contributed by atoms with van der Waals surface area (Å²) in [6.45, 7) is 1.62. The van der Waals surface area contributed by atoms with Gasteiger partial charge in [-0.2, -0.15) is 0 Å². The van der Waals surface area contributed by atoms with E-state index in [1.165, 1.54) is 12.0 Å². The predicted octanol–water partition coefficient (Wildman–Crippen LogP) is 2.09. The van der Waals surface area contributed by atoms with Crippen LogP contribution in [-0.2, 0) is 11.2 Å². The SMILES string of the molecule is NCCCCCCN1C(=O)Cc2ccccc21. The van der Waals surface area contributed by atoms with Crippen molar-refractivity contribution >= 4 is 11.6 Å². The van der Waals surface area contributed by atoms with E-state index in [2.05, 4.69) is 0 Å². The molecule has 1 aromatic rings. The van der Waals surface area contributed by atoms with Crippen molar-refractivity contribution in [2.45, 2.75) is 32.1 Å². The summed E-state index contributed by atoms with van der Waals surface area (Å²) in [5, 5.41) is 0. The number of nitrogens with zero attached hydrogens (tertiary/aromatic N) is 1. The lowest BCUT2D eigenvalue weighted by Gasteiger charge is -2.17. The van der Waals surface area contributed by atoms with Gasteiger partial charge in [-0.15, -0.1) is 0 Å². The third kappa shape index (κ3) is 2.86. The average Bonchev–Trinajstić information content (AvgIpc) is 2.65. The Hall–Kier alpha value is -1.35. The van der Waals surface area contributed by atoms with Crippen molar-refractivity contribution in [2.24, 2.45) is 5.73 Å². The molecule has 92 valence electrons. The summed E-state index contributed by atoms with van der Waals surface area (Å²) in [4.78, 5) is 13.8. The van der Waals surface area contributed by atoms with Crippen molar-refractivity contribution in [2.75, 3.05) is 18.0 Å². The molecule has 1 aliphatic heterocycles. The van der Waals surface area contributed by atoms with Gasteiger partial charge in [0.05, 0.1) is 6.42 Å². The first-order valence-corrected chi connectivity index (χ1v) is 6.41. The maximum atomic E-state index is 11.9. The summed E-state index contributed by atoms with van der Waals surface area (Å²) in [7, 11) is 0. The molecule has 2 rings (SSSR count). The first-order chi connectivity index (χ1) is 8.33. The molecule has 1 aliphatic rings. The van der Waals surface area contributed by atoms with E-state index in [1.807, 2.05) is 29.2 Å². The van der Waals surface area contributed by atoms with E-state index in [-0.39, 0.29) is 5.91 Å². The van der Waals surface area contributed by atoms with Crippen LogP contribution in [0.1, 0.15) is 31.2 Å². The second kappa shape index (κ2) is 5.82. The zero-order chi connectivity index (χ0) is 12.1. The lowest BCUT2D eigenvalue weighted by atomic mass is 10.1. The van der Waals surface area contributed by atoms with Gasteiger partial charge in [0.1, 0.15) is 0 Å². The van der Waals surface area contributed by atoms with E-state index in [9.17, 15) is 4.79 Å². The first kappa shape index (κ1) is 12.1. The topological polar surface area (TPSA) is 46.3 Å². The Bertz CT molecular complexity index is 390. The fraction of sp³-hybridized carbons (Fsp3) is 0.500. The van der Waals surface area contributed by atoms with Crippen molar-refractivity contribution in [3.63, 3.8) is 0 Å². The van der Waals surface area contributed by atoms with E-state index in [4.69, 9.17) is 5.73 Å². The number of carbonyl (C=O) groups excluding carboxylic acids is 1. The summed E-state index contributed by atoms with van der Waals surface area (Å²) in [5.74, 6) is 0.241. The molecule has 3 nitrogen and oxygen atoms in total. The lowest BCUT2D eigenvalue weighted by molar-refractivity contribution is -0.117. The minimum atomic E-state index is 0.241. The van der Waals surface area contributed by atoms with Gasteiger partial charge < -0.3 is 10.6 Å². The molecule has 0 aliphatic carbocycles. The molecule has 0 saturated heterocycles. The van der Waals surface area contributed by atoms with Gasteiger partial charge in [0, 0.05) is 12.2 Å². The van der Waals surface area contributed by atoms with Gasteiger partial charge in [-0.3, -0.25) is 4.79 Å². The zero-order valence-electron chi connectivity index (χ0n) is 10.2. The van der Waals surface area contributed by atoms with Gasteiger partial charge in [0.25, 0.3) is 0 Å². The number of benzene rings is 1. The van der Waals surface area contributed by atoms with E-state index < -0.39 is 0 Å². The van der Waals surface area contributed by atoms with Crippen molar-refractivity contribution in [1.29, 1.82) is 0 Å². The summed E-state index contributed by atoms with van der Waals surface area (Å²) in [6, 6.07) is 8.08. The molecule has 0 spiro atoms. The number of para-hydroxylation sites is 1. The van der Waals surface area contributed by atoms with Crippen LogP contribution in [0.3, 0.4) is 0 Å². The van der Waals surface area contributed by atoms with Gasteiger partial charge in [-0.25, -0.2) is 0 Å². The van der Waals surface area contributed by atoms with Gasteiger partial charge in [-0.1, -0.05) is 31.0 Å². The maximum Gasteiger partial charge on any atom is 0.231 e. The number of nitrogens with two attached hydrogens (primary N) is 1. The van der Waals surface area contributed by atoms with Crippen LogP contribution < -0.4 is 10.6 Å². The van der Waals surface area contributed by atoms with Crippen LogP contribution in [-0.4, -0.2) is 19.0 Å². The highest BCUT2D eigenvalue weighted by Crippen LogP contribution is 2.28. The number of hydrogen-bond acceptors (Lipinski definition) is 2. The van der Waals surface area contributed by atoms with E-state index in [1.54, 1.807) is 0 Å². The Labute approximate surface area is 103 Å². The molecule has 3 heteroatoms. The Morgan fingerprint density at radius 3 is 2.71 bits per heavy atom. The summed E-state index contributed by atoms with van der Waals surface area (Å²) < 4.78 is 0. The molecule has 0 radical (unpaired) electrons. The monoisotopic (exact) mass is 232 g/mol. The smallest absolute Gasteiger partial charge is 0.231 e. The van der Waals surface area contributed by atoms with Crippen molar-refractivity contribution in [1.82, 2.24) is 0 Å².